The molecule has 3 aliphatic rings. The number of aliphatic hydroxyl groups is 1. The van der Waals surface area contributed by atoms with Crippen molar-refractivity contribution in [2.24, 2.45) is 11.3 Å². The van der Waals surface area contributed by atoms with E-state index >= 15 is 0 Å². The van der Waals surface area contributed by atoms with Crippen LogP contribution in [0.4, 0.5) is 11.6 Å². The Hall–Kier alpha value is -1.40. The lowest BCUT2D eigenvalue weighted by molar-refractivity contribution is -0.157. The minimum atomic E-state index is 0.260. The Morgan fingerprint density at radius 2 is 2.24 bits per heavy atom. The number of piperidine rings is 1. The second-order valence-corrected chi connectivity index (χ2v) is 7.86. The van der Waals surface area contributed by atoms with E-state index in [2.05, 4.69) is 33.2 Å². The highest BCUT2D eigenvalue weighted by atomic mass is 16.5. The molecule has 3 fully saturated rings. The predicted molar refractivity (Wildman–Crippen MR) is 97.8 cm³/mol. The molecular formula is C19H30N4O2. The number of anilines is 2. The van der Waals surface area contributed by atoms with Crippen LogP contribution in [0.1, 0.15) is 45.4 Å². The van der Waals surface area contributed by atoms with E-state index in [1.807, 2.05) is 0 Å². The summed E-state index contributed by atoms with van der Waals surface area (Å²) in [5.74, 6) is 2.25. The van der Waals surface area contributed by atoms with Gasteiger partial charge in [-0.25, -0.2) is 9.97 Å². The first-order chi connectivity index (χ1) is 12.2. The van der Waals surface area contributed by atoms with Gasteiger partial charge in [0.2, 0.25) is 0 Å². The summed E-state index contributed by atoms with van der Waals surface area (Å²) in [6, 6.07) is 2.53. The zero-order valence-corrected chi connectivity index (χ0v) is 15.2. The minimum absolute atomic E-state index is 0.260. The largest absolute Gasteiger partial charge is 0.396 e. The number of hydrogen-bond donors (Lipinski definition) is 2. The summed E-state index contributed by atoms with van der Waals surface area (Å²) in [4.78, 5) is 11.2. The van der Waals surface area contributed by atoms with Crippen LogP contribution in [0.2, 0.25) is 0 Å². The van der Waals surface area contributed by atoms with Crippen LogP contribution in [0.15, 0.2) is 12.4 Å². The van der Waals surface area contributed by atoms with Crippen LogP contribution in [0, 0.1) is 11.3 Å². The molecule has 2 heterocycles. The Morgan fingerprint density at radius 1 is 1.36 bits per heavy atom. The Kier molecular flexibility index (Phi) is 4.82. The van der Waals surface area contributed by atoms with E-state index in [4.69, 9.17) is 4.74 Å². The molecule has 1 aromatic heterocycles. The normalized spacial score (nSPS) is 30.6. The number of nitrogens with one attached hydrogen (secondary N) is 1. The van der Waals surface area contributed by atoms with Crippen molar-refractivity contribution in [3.8, 4) is 0 Å². The van der Waals surface area contributed by atoms with Gasteiger partial charge in [0.15, 0.2) is 0 Å². The molecule has 1 saturated heterocycles. The SMILES string of the molecule is CCOC1CC(Nc2cc(N3CCCC(CO)C3)ncn2)C12CCC2. The summed E-state index contributed by atoms with van der Waals surface area (Å²) in [7, 11) is 0. The fraction of sp³-hybridized carbons (Fsp3) is 0.789. The van der Waals surface area contributed by atoms with Gasteiger partial charge in [-0.05, 0) is 44.9 Å². The predicted octanol–water partition coefficient (Wildman–Crippen LogP) is 2.44. The summed E-state index contributed by atoms with van der Waals surface area (Å²) >= 11 is 0. The summed E-state index contributed by atoms with van der Waals surface area (Å²) in [6.45, 7) is 5.04. The highest BCUT2D eigenvalue weighted by Crippen LogP contribution is 2.58. The van der Waals surface area contributed by atoms with E-state index in [1.54, 1.807) is 6.33 Å². The molecule has 1 spiro atoms. The van der Waals surface area contributed by atoms with Crippen molar-refractivity contribution >= 4 is 11.6 Å². The van der Waals surface area contributed by atoms with Crippen LogP contribution < -0.4 is 10.2 Å². The van der Waals surface area contributed by atoms with Crippen molar-refractivity contribution in [2.45, 2.75) is 57.6 Å². The Morgan fingerprint density at radius 3 is 2.96 bits per heavy atom. The van der Waals surface area contributed by atoms with Gasteiger partial charge in [0.1, 0.15) is 18.0 Å². The lowest BCUT2D eigenvalue weighted by Gasteiger charge is -2.61. The van der Waals surface area contributed by atoms with Gasteiger partial charge in [0, 0.05) is 43.8 Å². The van der Waals surface area contributed by atoms with Crippen LogP contribution in [-0.2, 0) is 4.74 Å². The van der Waals surface area contributed by atoms with Crippen molar-refractivity contribution in [2.75, 3.05) is 36.5 Å². The van der Waals surface area contributed by atoms with Gasteiger partial charge in [-0.15, -0.1) is 0 Å². The van der Waals surface area contributed by atoms with Gasteiger partial charge >= 0.3 is 0 Å². The third-order valence-corrected chi connectivity index (χ3v) is 6.51. The van der Waals surface area contributed by atoms with Crippen molar-refractivity contribution in [3.63, 3.8) is 0 Å². The lowest BCUT2D eigenvalue weighted by atomic mass is 9.51. The lowest BCUT2D eigenvalue weighted by Crippen LogP contribution is -2.64. The molecule has 138 valence electrons. The number of ether oxygens (including phenoxy) is 1. The standard InChI is InChI=1S/C19H30N4O2/c1-2-25-16-9-15(19(16)6-4-7-19)22-17-10-18(21-13-20-17)23-8-3-5-14(11-23)12-24/h10,13-16,24H,2-9,11-12H2,1H3,(H,20,21,22). The number of nitrogens with zero attached hydrogens (tertiary/aromatic N) is 3. The molecule has 25 heavy (non-hydrogen) atoms. The number of aliphatic hydroxyl groups excluding tert-OH is 1. The molecule has 0 radical (unpaired) electrons. The van der Waals surface area contributed by atoms with Gasteiger partial charge in [-0.2, -0.15) is 0 Å². The fourth-order valence-electron chi connectivity index (χ4n) is 4.84. The molecule has 2 N–H and O–H groups in total. The number of rotatable bonds is 6. The van der Waals surface area contributed by atoms with Crippen LogP contribution in [0.5, 0.6) is 0 Å². The van der Waals surface area contributed by atoms with Gasteiger partial charge in [0.25, 0.3) is 0 Å². The van der Waals surface area contributed by atoms with Gasteiger partial charge < -0.3 is 20.1 Å². The van der Waals surface area contributed by atoms with Gasteiger partial charge in [0.05, 0.1) is 6.10 Å². The van der Waals surface area contributed by atoms with Crippen molar-refractivity contribution in [1.29, 1.82) is 0 Å². The highest BCUT2D eigenvalue weighted by Gasteiger charge is 2.59. The molecule has 1 aromatic rings. The van der Waals surface area contributed by atoms with Crippen molar-refractivity contribution < 1.29 is 9.84 Å². The Labute approximate surface area is 150 Å². The molecule has 0 amide bonds. The fourth-order valence-corrected chi connectivity index (χ4v) is 4.84. The molecule has 0 bridgehead atoms. The maximum absolute atomic E-state index is 9.44. The second-order valence-electron chi connectivity index (χ2n) is 7.86. The number of aromatic nitrogens is 2. The molecule has 6 nitrogen and oxygen atoms in total. The first-order valence-electron chi connectivity index (χ1n) is 9.81. The smallest absolute Gasteiger partial charge is 0.134 e. The van der Waals surface area contributed by atoms with Crippen LogP contribution in [0.25, 0.3) is 0 Å². The van der Waals surface area contributed by atoms with Crippen molar-refractivity contribution in [1.82, 2.24) is 9.97 Å². The van der Waals surface area contributed by atoms with Gasteiger partial charge in [-0.1, -0.05) is 6.42 Å². The van der Waals surface area contributed by atoms with Crippen LogP contribution >= 0.6 is 0 Å². The summed E-state index contributed by atoms with van der Waals surface area (Å²) in [5.41, 5.74) is 0.328. The summed E-state index contributed by atoms with van der Waals surface area (Å²) < 4.78 is 5.94. The first-order valence-corrected chi connectivity index (χ1v) is 9.81. The molecule has 6 heteroatoms. The average molecular weight is 346 g/mol. The molecule has 4 rings (SSSR count). The van der Waals surface area contributed by atoms with E-state index in [9.17, 15) is 5.11 Å². The third kappa shape index (κ3) is 3.10. The summed E-state index contributed by atoms with van der Waals surface area (Å²) in [5, 5.41) is 13.1. The van der Waals surface area contributed by atoms with Crippen LogP contribution in [-0.4, -0.2) is 53.5 Å². The molecule has 3 unspecified atom stereocenters. The molecule has 2 saturated carbocycles. The maximum atomic E-state index is 9.44. The second kappa shape index (κ2) is 7.08. The quantitative estimate of drug-likeness (QED) is 0.824. The third-order valence-electron chi connectivity index (χ3n) is 6.51. The van der Waals surface area contributed by atoms with E-state index in [0.717, 1.165) is 50.6 Å². The van der Waals surface area contributed by atoms with Crippen LogP contribution in [0.3, 0.4) is 0 Å². The Balaban J connectivity index is 1.42. The first kappa shape index (κ1) is 17.0. The summed E-state index contributed by atoms with van der Waals surface area (Å²) in [6.07, 6.45) is 9.20. The maximum Gasteiger partial charge on any atom is 0.134 e. The number of hydrogen-bond acceptors (Lipinski definition) is 6. The molecule has 0 aromatic carbocycles. The molecule has 3 atom stereocenters. The average Bonchev–Trinajstić information content (AvgIpc) is 2.59. The van der Waals surface area contributed by atoms with Crippen molar-refractivity contribution in [3.05, 3.63) is 12.4 Å². The minimum Gasteiger partial charge on any atom is -0.396 e. The van der Waals surface area contributed by atoms with E-state index in [0.29, 0.717) is 23.5 Å². The van der Waals surface area contributed by atoms with Gasteiger partial charge in [-0.3, -0.25) is 0 Å². The topological polar surface area (TPSA) is 70.5 Å². The zero-order valence-electron chi connectivity index (χ0n) is 15.2. The molecular weight excluding hydrogens is 316 g/mol. The molecule has 1 aliphatic heterocycles. The van der Waals surface area contributed by atoms with E-state index in [1.165, 1.54) is 19.3 Å². The van der Waals surface area contributed by atoms with E-state index in [-0.39, 0.29) is 6.61 Å². The molecule has 2 aliphatic carbocycles. The van der Waals surface area contributed by atoms with E-state index < -0.39 is 0 Å². The highest BCUT2D eigenvalue weighted by molar-refractivity contribution is 5.50. The Bertz CT molecular complexity index is 593. The monoisotopic (exact) mass is 346 g/mol. The zero-order chi connectivity index (χ0) is 17.3.